The number of nitrogens with one attached hydrogen (secondary N) is 1. The standard InChI is InChI=1S/C15H22N2O3/c1-11-10-13(6-8-19-11)17-12-2-4-14(5-3-12)20-9-7-15(16)18/h2-5,11,13,17H,6-10H2,1H3,(H2,16,18). The molecule has 1 aromatic carbocycles. The molecule has 2 atom stereocenters. The first-order valence-electron chi connectivity index (χ1n) is 7.03. The van der Waals surface area contributed by atoms with Crippen LogP contribution in [0.15, 0.2) is 24.3 Å². The lowest BCUT2D eigenvalue weighted by Crippen LogP contribution is -2.32. The molecule has 1 aliphatic heterocycles. The molecule has 0 bridgehead atoms. The lowest BCUT2D eigenvalue weighted by Gasteiger charge is -2.28. The van der Waals surface area contributed by atoms with Crippen LogP contribution in [0, 0.1) is 0 Å². The van der Waals surface area contributed by atoms with E-state index < -0.39 is 0 Å². The van der Waals surface area contributed by atoms with Crippen LogP contribution in [-0.2, 0) is 9.53 Å². The van der Waals surface area contributed by atoms with Crippen molar-refractivity contribution < 1.29 is 14.3 Å². The number of carbonyl (C=O) groups excluding carboxylic acids is 1. The van der Waals surface area contributed by atoms with E-state index in [1.54, 1.807) is 0 Å². The van der Waals surface area contributed by atoms with E-state index in [-0.39, 0.29) is 12.3 Å². The van der Waals surface area contributed by atoms with Gasteiger partial charge in [0.25, 0.3) is 0 Å². The predicted octanol–water partition coefficient (Wildman–Crippen LogP) is 1.92. The molecule has 1 aromatic rings. The molecule has 110 valence electrons. The average molecular weight is 278 g/mol. The SMILES string of the molecule is CC1CC(Nc2ccc(OCCC(N)=O)cc2)CCO1. The second-order valence-corrected chi connectivity index (χ2v) is 5.14. The van der Waals surface area contributed by atoms with Crippen LogP contribution in [0.5, 0.6) is 5.75 Å². The minimum Gasteiger partial charge on any atom is -0.493 e. The summed E-state index contributed by atoms with van der Waals surface area (Å²) in [5.41, 5.74) is 6.13. The fourth-order valence-electron chi connectivity index (χ4n) is 2.28. The monoisotopic (exact) mass is 278 g/mol. The topological polar surface area (TPSA) is 73.6 Å². The van der Waals surface area contributed by atoms with Gasteiger partial charge in [0.15, 0.2) is 0 Å². The molecule has 2 unspecified atom stereocenters. The third kappa shape index (κ3) is 4.74. The van der Waals surface area contributed by atoms with E-state index in [0.29, 0.717) is 18.8 Å². The van der Waals surface area contributed by atoms with E-state index in [0.717, 1.165) is 30.9 Å². The van der Waals surface area contributed by atoms with Crippen molar-refractivity contribution in [1.29, 1.82) is 0 Å². The predicted molar refractivity (Wildman–Crippen MR) is 77.8 cm³/mol. The smallest absolute Gasteiger partial charge is 0.220 e. The van der Waals surface area contributed by atoms with E-state index in [9.17, 15) is 4.79 Å². The van der Waals surface area contributed by atoms with Gasteiger partial charge < -0.3 is 20.5 Å². The molecule has 3 N–H and O–H groups in total. The van der Waals surface area contributed by atoms with Crippen LogP contribution in [0.2, 0.25) is 0 Å². The van der Waals surface area contributed by atoms with Gasteiger partial charge in [-0.05, 0) is 44.0 Å². The van der Waals surface area contributed by atoms with Crippen molar-refractivity contribution in [1.82, 2.24) is 0 Å². The van der Waals surface area contributed by atoms with E-state index in [2.05, 4.69) is 12.2 Å². The zero-order valence-corrected chi connectivity index (χ0v) is 11.8. The van der Waals surface area contributed by atoms with E-state index >= 15 is 0 Å². The number of ether oxygens (including phenoxy) is 2. The fraction of sp³-hybridized carbons (Fsp3) is 0.533. The number of nitrogens with two attached hydrogens (primary N) is 1. The van der Waals surface area contributed by atoms with Crippen molar-refractivity contribution in [3.8, 4) is 5.75 Å². The summed E-state index contributed by atoms with van der Waals surface area (Å²) in [7, 11) is 0. The van der Waals surface area contributed by atoms with Gasteiger partial charge in [0.05, 0.1) is 19.1 Å². The van der Waals surface area contributed by atoms with Gasteiger partial charge in [-0.25, -0.2) is 0 Å². The summed E-state index contributed by atoms with van der Waals surface area (Å²) in [5.74, 6) is 0.397. The summed E-state index contributed by atoms with van der Waals surface area (Å²) in [6, 6.07) is 8.22. The van der Waals surface area contributed by atoms with Crippen molar-refractivity contribution in [3.05, 3.63) is 24.3 Å². The molecule has 1 amide bonds. The van der Waals surface area contributed by atoms with Crippen molar-refractivity contribution in [2.45, 2.75) is 38.3 Å². The van der Waals surface area contributed by atoms with Gasteiger partial charge in [0.1, 0.15) is 5.75 Å². The number of amides is 1. The summed E-state index contributed by atoms with van der Waals surface area (Å²) in [6.45, 7) is 3.23. The molecule has 1 heterocycles. The highest BCUT2D eigenvalue weighted by atomic mass is 16.5. The molecule has 0 aromatic heterocycles. The molecule has 0 radical (unpaired) electrons. The molecule has 5 heteroatoms. The first kappa shape index (κ1) is 14.7. The minimum absolute atomic E-state index is 0.236. The van der Waals surface area contributed by atoms with Gasteiger partial charge in [-0.2, -0.15) is 0 Å². The summed E-state index contributed by atoms with van der Waals surface area (Å²) < 4.78 is 11.0. The Kier molecular flexibility index (Phi) is 5.24. The Morgan fingerprint density at radius 1 is 1.45 bits per heavy atom. The van der Waals surface area contributed by atoms with Gasteiger partial charge in [0, 0.05) is 18.3 Å². The summed E-state index contributed by atoms with van der Waals surface area (Å²) >= 11 is 0. The van der Waals surface area contributed by atoms with Gasteiger partial charge in [-0.15, -0.1) is 0 Å². The number of hydrogen-bond acceptors (Lipinski definition) is 4. The number of carbonyl (C=O) groups is 1. The normalized spacial score (nSPS) is 22.2. The number of rotatable bonds is 6. The van der Waals surface area contributed by atoms with Gasteiger partial charge in [0.2, 0.25) is 5.91 Å². The van der Waals surface area contributed by atoms with Crippen molar-refractivity contribution in [3.63, 3.8) is 0 Å². The summed E-state index contributed by atoms with van der Waals surface area (Å²) in [5, 5.41) is 3.50. The number of anilines is 1. The highest BCUT2D eigenvalue weighted by molar-refractivity contribution is 5.73. The van der Waals surface area contributed by atoms with Gasteiger partial charge >= 0.3 is 0 Å². The second kappa shape index (κ2) is 7.14. The molecule has 0 spiro atoms. The molecule has 5 nitrogen and oxygen atoms in total. The first-order chi connectivity index (χ1) is 9.63. The van der Waals surface area contributed by atoms with Crippen LogP contribution in [0.4, 0.5) is 5.69 Å². The Morgan fingerprint density at radius 3 is 2.85 bits per heavy atom. The average Bonchev–Trinajstić information content (AvgIpc) is 2.40. The molecule has 20 heavy (non-hydrogen) atoms. The lowest BCUT2D eigenvalue weighted by molar-refractivity contribution is -0.118. The van der Waals surface area contributed by atoms with Gasteiger partial charge in [-0.3, -0.25) is 4.79 Å². The minimum atomic E-state index is -0.350. The highest BCUT2D eigenvalue weighted by Crippen LogP contribution is 2.21. The zero-order valence-electron chi connectivity index (χ0n) is 11.8. The number of primary amides is 1. The molecular formula is C15H22N2O3. The van der Waals surface area contributed by atoms with Crippen molar-refractivity contribution in [2.75, 3.05) is 18.5 Å². The molecule has 1 fully saturated rings. The zero-order chi connectivity index (χ0) is 14.4. The van der Waals surface area contributed by atoms with Crippen LogP contribution in [0.25, 0.3) is 0 Å². The number of benzene rings is 1. The van der Waals surface area contributed by atoms with E-state index in [1.807, 2.05) is 24.3 Å². The fourth-order valence-corrected chi connectivity index (χ4v) is 2.28. The van der Waals surface area contributed by atoms with Crippen LogP contribution >= 0.6 is 0 Å². The molecule has 1 saturated heterocycles. The quantitative estimate of drug-likeness (QED) is 0.833. The second-order valence-electron chi connectivity index (χ2n) is 5.14. The number of hydrogen-bond donors (Lipinski definition) is 2. The highest BCUT2D eigenvalue weighted by Gasteiger charge is 2.18. The molecular weight excluding hydrogens is 256 g/mol. The Morgan fingerprint density at radius 2 is 2.20 bits per heavy atom. The Balaban J connectivity index is 1.80. The molecule has 0 saturated carbocycles. The maximum Gasteiger partial charge on any atom is 0.220 e. The molecule has 2 rings (SSSR count). The Hall–Kier alpha value is -1.75. The van der Waals surface area contributed by atoms with E-state index in [4.69, 9.17) is 15.2 Å². The summed E-state index contributed by atoms with van der Waals surface area (Å²) in [6.07, 6.45) is 2.61. The van der Waals surface area contributed by atoms with Crippen LogP contribution in [0.1, 0.15) is 26.2 Å². The van der Waals surface area contributed by atoms with Crippen LogP contribution < -0.4 is 15.8 Å². The third-order valence-electron chi connectivity index (χ3n) is 3.33. The first-order valence-corrected chi connectivity index (χ1v) is 7.03. The molecule has 1 aliphatic rings. The Bertz CT molecular complexity index is 433. The molecule has 0 aliphatic carbocycles. The van der Waals surface area contributed by atoms with Gasteiger partial charge in [-0.1, -0.05) is 0 Å². The van der Waals surface area contributed by atoms with E-state index in [1.165, 1.54) is 0 Å². The maximum atomic E-state index is 10.6. The van der Waals surface area contributed by atoms with Crippen molar-refractivity contribution in [2.24, 2.45) is 5.73 Å². The van der Waals surface area contributed by atoms with Crippen molar-refractivity contribution >= 4 is 11.6 Å². The Labute approximate surface area is 119 Å². The van der Waals surface area contributed by atoms with Crippen LogP contribution in [-0.4, -0.2) is 31.3 Å². The lowest BCUT2D eigenvalue weighted by atomic mass is 10.0. The summed E-state index contributed by atoms with van der Waals surface area (Å²) in [4.78, 5) is 10.6. The third-order valence-corrected chi connectivity index (χ3v) is 3.33. The maximum absolute atomic E-state index is 10.6. The largest absolute Gasteiger partial charge is 0.493 e. The van der Waals surface area contributed by atoms with Crippen LogP contribution in [0.3, 0.4) is 0 Å².